The van der Waals surface area contributed by atoms with Gasteiger partial charge >= 0.3 is 0 Å². The fraction of sp³-hybridized carbons (Fsp3) is 0.500. The van der Waals surface area contributed by atoms with E-state index in [0.717, 1.165) is 31.2 Å². The van der Waals surface area contributed by atoms with Crippen LogP contribution in [0.25, 0.3) is 0 Å². The van der Waals surface area contributed by atoms with Crippen LogP contribution >= 0.6 is 0 Å². The molecule has 0 aromatic heterocycles. The average Bonchev–Trinajstić information content (AvgIpc) is 2.40. The summed E-state index contributed by atoms with van der Waals surface area (Å²) < 4.78 is 0. The summed E-state index contributed by atoms with van der Waals surface area (Å²) in [5.41, 5.74) is 9.43. The van der Waals surface area contributed by atoms with Crippen LogP contribution in [0.1, 0.15) is 31.2 Å². The number of nitrogens with two attached hydrogens (primary N) is 1. The maximum atomic E-state index is 11.8. The summed E-state index contributed by atoms with van der Waals surface area (Å²) in [6, 6.07) is 9.92. The standard InChI is InChI=1S/C14H20N2O2/c15-13-8-4-7-12(9-13)14(17)16-18-10-11-5-2-1-3-6-11/h1-3,5-6,12-13H,4,7-10,15H2,(H,16,17). The first-order valence-electron chi connectivity index (χ1n) is 6.47. The molecule has 3 N–H and O–H groups in total. The number of amides is 1. The molecule has 1 aliphatic carbocycles. The molecule has 1 aromatic carbocycles. The molecule has 1 aliphatic rings. The van der Waals surface area contributed by atoms with Gasteiger partial charge in [-0.1, -0.05) is 36.8 Å². The summed E-state index contributed by atoms with van der Waals surface area (Å²) >= 11 is 0. The van der Waals surface area contributed by atoms with Gasteiger partial charge in [0, 0.05) is 12.0 Å². The van der Waals surface area contributed by atoms with E-state index >= 15 is 0 Å². The van der Waals surface area contributed by atoms with Crippen molar-refractivity contribution < 1.29 is 9.63 Å². The summed E-state index contributed by atoms with van der Waals surface area (Å²) in [4.78, 5) is 17.1. The van der Waals surface area contributed by atoms with Gasteiger partial charge in [0.15, 0.2) is 0 Å². The SMILES string of the molecule is NC1CCCC(C(=O)NOCc2ccccc2)C1. The van der Waals surface area contributed by atoms with E-state index < -0.39 is 0 Å². The van der Waals surface area contributed by atoms with Crippen LogP contribution in [0.3, 0.4) is 0 Å². The van der Waals surface area contributed by atoms with E-state index in [9.17, 15) is 4.79 Å². The molecule has 18 heavy (non-hydrogen) atoms. The van der Waals surface area contributed by atoms with Crippen molar-refractivity contribution in [2.75, 3.05) is 0 Å². The predicted molar refractivity (Wildman–Crippen MR) is 69.3 cm³/mol. The van der Waals surface area contributed by atoms with Gasteiger partial charge in [-0.3, -0.25) is 9.63 Å². The molecule has 0 saturated heterocycles. The maximum Gasteiger partial charge on any atom is 0.246 e. The number of hydroxylamine groups is 1. The molecule has 2 rings (SSSR count). The van der Waals surface area contributed by atoms with Crippen molar-refractivity contribution in [3.05, 3.63) is 35.9 Å². The number of benzene rings is 1. The minimum atomic E-state index is -0.0407. The highest BCUT2D eigenvalue weighted by Crippen LogP contribution is 2.23. The lowest BCUT2D eigenvalue weighted by molar-refractivity contribution is -0.140. The van der Waals surface area contributed by atoms with Gasteiger partial charge in [0.1, 0.15) is 0 Å². The molecular formula is C14H20N2O2. The lowest BCUT2D eigenvalue weighted by Gasteiger charge is -2.25. The maximum absolute atomic E-state index is 11.8. The molecule has 4 heteroatoms. The number of carbonyl (C=O) groups is 1. The van der Waals surface area contributed by atoms with Crippen molar-refractivity contribution in [3.8, 4) is 0 Å². The third-order valence-electron chi connectivity index (χ3n) is 3.34. The minimum Gasteiger partial charge on any atom is -0.328 e. The van der Waals surface area contributed by atoms with E-state index in [1.807, 2.05) is 30.3 Å². The first-order valence-corrected chi connectivity index (χ1v) is 6.47. The van der Waals surface area contributed by atoms with Gasteiger partial charge in [0.05, 0.1) is 6.61 Å². The highest BCUT2D eigenvalue weighted by atomic mass is 16.6. The van der Waals surface area contributed by atoms with Gasteiger partial charge in [0.2, 0.25) is 5.91 Å². The zero-order valence-corrected chi connectivity index (χ0v) is 10.5. The molecule has 1 saturated carbocycles. The molecule has 98 valence electrons. The summed E-state index contributed by atoms with van der Waals surface area (Å²) in [5.74, 6) is -0.0365. The Labute approximate surface area is 107 Å². The Morgan fingerprint density at radius 3 is 2.83 bits per heavy atom. The fourth-order valence-electron chi connectivity index (χ4n) is 2.31. The largest absolute Gasteiger partial charge is 0.328 e. The number of rotatable bonds is 4. The number of carbonyl (C=O) groups excluding carboxylic acids is 1. The van der Waals surface area contributed by atoms with Crippen LogP contribution < -0.4 is 11.2 Å². The van der Waals surface area contributed by atoms with Crippen molar-refractivity contribution in [3.63, 3.8) is 0 Å². The number of hydrogen-bond acceptors (Lipinski definition) is 3. The summed E-state index contributed by atoms with van der Waals surface area (Å²) in [6.07, 6.45) is 3.72. The van der Waals surface area contributed by atoms with E-state index in [1.54, 1.807) is 0 Å². The van der Waals surface area contributed by atoms with Crippen LogP contribution in [0.2, 0.25) is 0 Å². The van der Waals surface area contributed by atoms with Crippen molar-refractivity contribution >= 4 is 5.91 Å². The monoisotopic (exact) mass is 248 g/mol. The van der Waals surface area contributed by atoms with Crippen LogP contribution in [0.4, 0.5) is 0 Å². The number of hydrogen-bond donors (Lipinski definition) is 2. The smallest absolute Gasteiger partial charge is 0.246 e. The fourth-order valence-corrected chi connectivity index (χ4v) is 2.31. The highest BCUT2D eigenvalue weighted by molar-refractivity contribution is 5.77. The highest BCUT2D eigenvalue weighted by Gasteiger charge is 2.25. The summed E-state index contributed by atoms with van der Waals surface area (Å²) in [6.45, 7) is 0.394. The van der Waals surface area contributed by atoms with E-state index in [-0.39, 0.29) is 17.9 Å². The van der Waals surface area contributed by atoms with Gasteiger partial charge < -0.3 is 5.73 Å². The second-order valence-electron chi connectivity index (χ2n) is 4.86. The molecule has 2 atom stereocenters. The van der Waals surface area contributed by atoms with E-state index in [2.05, 4.69) is 5.48 Å². The lowest BCUT2D eigenvalue weighted by Crippen LogP contribution is -2.37. The molecule has 1 fully saturated rings. The van der Waals surface area contributed by atoms with Gasteiger partial charge in [-0.2, -0.15) is 0 Å². The topological polar surface area (TPSA) is 64.4 Å². The molecule has 4 nitrogen and oxygen atoms in total. The third-order valence-corrected chi connectivity index (χ3v) is 3.34. The van der Waals surface area contributed by atoms with E-state index in [0.29, 0.717) is 6.61 Å². The molecule has 2 unspecified atom stereocenters. The second kappa shape index (κ2) is 6.52. The van der Waals surface area contributed by atoms with Gasteiger partial charge in [-0.15, -0.1) is 0 Å². The molecule has 0 spiro atoms. The molecule has 0 radical (unpaired) electrons. The van der Waals surface area contributed by atoms with Gasteiger partial charge in [0.25, 0.3) is 0 Å². The molecule has 1 aromatic rings. The van der Waals surface area contributed by atoms with Gasteiger partial charge in [-0.25, -0.2) is 5.48 Å². The normalized spacial score (nSPS) is 23.6. The van der Waals surface area contributed by atoms with Crippen LogP contribution in [0.15, 0.2) is 30.3 Å². The Balaban J connectivity index is 1.71. The summed E-state index contributed by atoms with van der Waals surface area (Å²) in [7, 11) is 0. The number of nitrogens with one attached hydrogen (secondary N) is 1. The van der Waals surface area contributed by atoms with Crippen LogP contribution in [0, 0.1) is 5.92 Å². The Bertz CT molecular complexity index is 381. The molecular weight excluding hydrogens is 228 g/mol. The second-order valence-corrected chi connectivity index (χ2v) is 4.86. The quantitative estimate of drug-likeness (QED) is 0.798. The predicted octanol–water partition coefficient (Wildman–Crippen LogP) is 1.75. The Kier molecular flexibility index (Phi) is 4.73. The summed E-state index contributed by atoms with van der Waals surface area (Å²) in [5, 5.41) is 0. The first kappa shape index (κ1) is 13.1. The van der Waals surface area contributed by atoms with Crippen LogP contribution in [-0.4, -0.2) is 11.9 Å². The third kappa shape index (κ3) is 3.82. The van der Waals surface area contributed by atoms with Crippen molar-refractivity contribution in [1.29, 1.82) is 0 Å². The Morgan fingerprint density at radius 1 is 1.33 bits per heavy atom. The van der Waals surface area contributed by atoms with Gasteiger partial charge in [-0.05, 0) is 24.8 Å². The molecule has 0 heterocycles. The van der Waals surface area contributed by atoms with E-state index in [1.165, 1.54) is 0 Å². The Hall–Kier alpha value is -1.39. The molecule has 0 bridgehead atoms. The zero-order chi connectivity index (χ0) is 12.8. The Morgan fingerprint density at radius 2 is 2.11 bits per heavy atom. The van der Waals surface area contributed by atoms with Crippen LogP contribution in [0.5, 0.6) is 0 Å². The average molecular weight is 248 g/mol. The van der Waals surface area contributed by atoms with Crippen molar-refractivity contribution in [2.45, 2.75) is 38.3 Å². The zero-order valence-electron chi connectivity index (χ0n) is 10.5. The molecule has 0 aliphatic heterocycles. The minimum absolute atomic E-state index is 0.00419. The van der Waals surface area contributed by atoms with Crippen molar-refractivity contribution in [1.82, 2.24) is 5.48 Å². The lowest BCUT2D eigenvalue weighted by atomic mass is 9.86. The van der Waals surface area contributed by atoms with Crippen LogP contribution in [-0.2, 0) is 16.2 Å². The first-order chi connectivity index (χ1) is 8.75. The van der Waals surface area contributed by atoms with Crippen molar-refractivity contribution in [2.24, 2.45) is 11.7 Å². The molecule has 1 amide bonds. The van der Waals surface area contributed by atoms with E-state index in [4.69, 9.17) is 10.6 Å².